The number of furan rings is 1. The molecule has 22 heavy (non-hydrogen) atoms. The van der Waals surface area contributed by atoms with Gasteiger partial charge in [0.1, 0.15) is 0 Å². The molecular weight excluding hydrogens is 278 g/mol. The Morgan fingerprint density at radius 1 is 1.18 bits per heavy atom. The summed E-state index contributed by atoms with van der Waals surface area (Å²) in [5.74, 6) is 0.0949. The Morgan fingerprint density at radius 3 is 2.59 bits per heavy atom. The number of amides is 1. The maximum Gasteiger partial charge on any atom is 0.291 e. The third kappa shape index (κ3) is 3.14. The fraction of sp³-hybridized carbons (Fsp3) is 0.353. The topological polar surface area (TPSA) is 48.7 Å². The number of nitrogens with one attached hydrogen (secondary N) is 1. The molecular formula is C17H21N3O2. The minimum absolute atomic E-state index is 0.225. The molecule has 1 N–H and O–H groups in total. The molecule has 116 valence electrons. The number of carbonyl (C=O) groups is 1. The normalized spacial score (nSPS) is 15.8. The number of rotatable bonds is 3. The van der Waals surface area contributed by atoms with Gasteiger partial charge in [-0.3, -0.25) is 4.79 Å². The van der Waals surface area contributed by atoms with Crippen LogP contribution in [0.3, 0.4) is 0 Å². The van der Waals surface area contributed by atoms with Crippen molar-refractivity contribution in [3.63, 3.8) is 0 Å². The Labute approximate surface area is 130 Å². The van der Waals surface area contributed by atoms with Gasteiger partial charge in [-0.05, 0) is 49.9 Å². The lowest BCUT2D eigenvalue weighted by Crippen LogP contribution is -2.44. The molecule has 1 aromatic carbocycles. The molecule has 0 unspecified atom stereocenters. The van der Waals surface area contributed by atoms with Crippen molar-refractivity contribution < 1.29 is 9.21 Å². The molecule has 0 spiro atoms. The molecule has 1 amide bonds. The van der Waals surface area contributed by atoms with Gasteiger partial charge in [0.15, 0.2) is 5.76 Å². The fourth-order valence-electron chi connectivity index (χ4n) is 2.74. The SMILES string of the molecule is Cc1cc(NC(=O)c2ccco2)ccc1N1CCN(C)CC1. The predicted octanol–water partition coefficient (Wildman–Crippen LogP) is 2.59. The summed E-state index contributed by atoms with van der Waals surface area (Å²) in [5, 5.41) is 2.86. The number of benzene rings is 1. The molecule has 2 aromatic rings. The molecule has 1 aliphatic rings. The first kappa shape index (κ1) is 14.7. The highest BCUT2D eigenvalue weighted by Crippen LogP contribution is 2.25. The minimum atomic E-state index is -0.225. The van der Waals surface area contributed by atoms with Gasteiger partial charge >= 0.3 is 0 Å². The van der Waals surface area contributed by atoms with Crippen molar-refractivity contribution in [1.82, 2.24) is 4.90 Å². The highest BCUT2D eigenvalue weighted by molar-refractivity contribution is 6.02. The second-order valence-electron chi connectivity index (χ2n) is 5.72. The van der Waals surface area contributed by atoms with E-state index in [-0.39, 0.29) is 5.91 Å². The van der Waals surface area contributed by atoms with Crippen LogP contribution in [0.4, 0.5) is 11.4 Å². The number of carbonyl (C=O) groups excluding carboxylic acids is 1. The maximum absolute atomic E-state index is 12.0. The van der Waals surface area contributed by atoms with Gasteiger partial charge in [0, 0.05) is 37.6 Å². The van der Waals surface area contributed by atoms with E-state index in [0.717, 1.165) is 31.9 Å². The zero-order chi connectivity index (χ0) is 15.5. The molecule has 1 fully saturated rings. The zero-order valence-corrected chi connectivity index (χ0v) is 13.0. The van der Waals surface area contributed by atoms with E-state index in [0.29, 0.717) is 5.76 Å². The van der Waals surface area contributed by atoms with Gasteiger partial charge in [0.05, 0.1) is 6.26 Å². The highest BCUT2D eigenvalue weighted by Gasteiger charge is 2.16. The van der Waals surface area contributed by atoms with Crippen molar-refractivity contribution in [3.05, 3.63) is 47.9 Å². The third-order valence-corrected chi connectivity index (χ3v) is 4.04. The number of likely N-dealkylation sites (N-methyl/N-ethyl adjacent to an activating group) is 1. The lowest BCUT2D eigenvalue weighted by molar-refractivity contribution is 0.0996. The van der Waals surface area contributed by atoms with E-state index in [2.05, 4.69) is 35.2 Å². The van der Waals surface area contributed by atoms with Gasteiger partial charge in [-0.15, -0.1) is 0 Å². The van der Waals surface area contributed by atoms with Crippen molar-refractivity contribution in [1.29, 1.82) is 0 Å². The summed E-state index contributed by atoms with van der Waals surface area (Å²) < 4.78 is 5.10. The maximum atomic E-state index is 12.0. The number of nitrogens with zero attached hydrogens (tertiary/aromatic N) is 2. The summed E-state index contributed by atoms with van der Waals surface area (Å²) in [4.78, 5) is 16.7. The first-order valence-electron chi connectivity index (χ1n) is 7.52. The van der Waals surface area contributed by atoms with Crippen LogP contribution in [-0.2, 0) is 0 Å². The van der Waals surface area contributed by atoms with E-state index < -0.39 is 0 Å². The Balaban J connectivity index is 1.71. The third-order valence-electron chi connectivity index (χ3n) is 4.04. The fourth-order valence-corrected chi connectivity index (χ4v) is 2.74. The Bertz CT molecular complexity index is 644. The van der Waals surface area contributed by atoms with Crippen LogP contribution in [-0.4, -0.2) is 44.0 Å². The molecule has 0 saturated carbocycles. The zero-order valence-electron chi connectivity index (χ0n) is 13.0. The monoisotopic (exact) mass is 299 g/mol. The molecule has 0 radical (unpaired) electrons. The molecule has 3 rings (SSSR count). The predicted molar refractivity (Wildman–Crippen MR) is 87.6 cm³/mol. The van der Waals surface area contributed by atoms with E-state index in [1.165, 1.54) is 17.5 Å². The number of anilines is 2. The van der Waals surface area contributed by atoms with Crippen LogP contribution < -0.4 is 10.2 Å². The summed E-state index contributed by atoms with van der Waals surface area (Å²) in [6.45, 7) is 6.31. The lowest BCUT2D eigenvalue weighted by Gasteiger charge is -2.35. The number of piperazine rings is 1. The second-order valence-corrected chi connectivity index (χ2v) is 5.72. The van der Waals surface area contributed by atoms with Crippen LogP contribution in [0.1, 0.15) is 16.1 Å². The lowest BCUT2D eigenvalue weighted by atomic mass is 10.1. The standard InChI is InChI=1S/C17H21N3O2/c1-13-12-14(18-17(21)16-4-3-11-22-16)5-6-15(13)20-9-7-19(2)8-10-20/h3-6,11-12H,7-10H2,1-2H3,(H,18,21). The van der Waals surface area contributed by atoms with E-state index in [1.54, 1.807) is 12.1 Å². The van der Waals surface area contributed by atoms with Crippen LogP contribution in [0.2, 0.25) is 0 Å². The van der Waals surface area contributed by atoms with E-state index in [9.17, 15) is 4.79 Å². The summed E-state index contributed by atoms with van der Waals surface area (Å²) in [5.41, 5.74) is 3.20. The molecule has 1 aromatic heterocycles. The van der Waals surface area contributed by atoms with Crippen LogP contribution in [0, 0.1) is 6.92 Å². The molecule has 5 heteroatoms. The van der Waals surface area contributed by atoms with Crippen molar-refractivity contribution in [2.45, 2.75) is 6.92 Å². The molecule has 0 aliphatic carbocycles. The second kappa shape index (κ2) is 6.23. The summed E-state index contributed by atoms with van der Waals surface area (Å²) in [7, 11) is 2.15. The Kier molecular flexibility index (Phi) is 4.15. The summed E-state index contributed by atoms with van der Waals surface area (Å²) in [6.07, 6.45) is 1.50. The number of hydrogen-bond donors (Lipinski definition) is 1. The van der Waals surface area contributed by atoms with Crippen LogP contribution in [0.25, 0.3) is 0 Å². The Hall–Kier alpha value is -2.27. The average molecular weight is 299 g/mol. The van der Waals surface area contributed by atoms with Gasteiger partial charge in [-0.1, -0.05) is 0 Å². The summed E-state index contributed by atoms with van der Waals surface area (Å²) in [6, 6.07) is 9.39. The Morgan fingerprint density at radius 2 is 1.95 bits per heavy atom. The largest absolute Gasteiger partial charge is 0.459 e. The van der Waals surface area contributed by atoms with E-state index in [4.69, 9.17) is 4.42 Å². The molecule has 1 saturated heterocycles. The first-order valence-corrected chi connectivity index (χ1v) is 7.52. The minimum Gasteiger partial charge on any atom is -0.459 e. The van der Waals surface area contributed by atoms with Crippen LogP contribution in [0.15, 0.2) is 41.0 Å². The smallest absolute Gasteiger partial charge is 0.291 e. The van der Waals surface area contributed by atoms with Gasteiger partial charge in [-0.25, -0.2) is 0 Å². The van der Waals surface area contributed by atoms with E-state index in [1.807, 2.05) is 12.1 Å². The summed E-state index contributed by atoms with van der Waals surface area (Å²) >= 11 is 0. The van der Waals surface area contributed by atoms with Crippen molar-refractivity contribution in [2.75, 3.05) is 43.4 Å². The molecule has 5 nitrogen and oxygen atoms in total. The quantitative estimate of drug-likeness (QED) is 0.946. The molecule has 0 bridgehead atoms. The van der Waals surface area contributed by atoms with E-state index >= 15 is 0 Å². The van der Waals surface area contributed by atoms with Crippen LogP contribution >= 0.6 is 0 Å². The van der Waals surface area contributed by atoms with Crippen LogP contribution in [0.5, 0.6) is 0 Å². The molecule has 1 aliphatic heterocycles. The van der Waals surface area contributed by atoms with Crippen molar-refractivity contribution in [2.24, 2.45) is 0 Å². The van der Waals surface area contributed by atoms with Gasteiger partial charge in [0.25, 0.3) is 5.91 Å². The highest BCUT2D eigenvalue weighted by atomic mass is 16.3. The molecule has 2 heterocycles. The van der Waals surface area contributed by atoms with Gasteiger partial charge in [-0.2, -0.15) is 0 Å². The van der Waals surface area contributed by atoms with Gasteiger partial charge < -0.3 is 19.5 Å². The number of aryl methyl sites for hydroxylation is 1. The molecule has 0 atom stereocenters. The van der Waals surface area contributed by atoms with Crippen molar-refractivity contribution in [3.8, 4) is 0 Å². The van der Waals surface area contributed by atoms with Gasteiger partial charge in [0.2, 0.25) is 0 Å². The van der Waals surface area contributed by atoms with Crippen molar-refractivity contribution >= 4 is 17.3 Å². The number of hydrogen-bond acceptors (Lipinski definition) is 4. The first-order chi connectivity index (χ1) is 10.6. The average Bonchev–Trinajstić information content (AvgIpc) is 3.03.